The summed E-state index contributed by atoms with van der Waals surface area (Å²) in [6.45, 7) is 1.68. The predicted octanol–water partition coefficient (Wildman–Crippen LogP) is 4.36. The summed E-state index contributed by atoms with van der Waals surface area (Å²) in [6, 6.07) is 6.31. The lowest BCUT2D eigenvalue weighted by Crippen LogP contribution is -2.35. The van der Waals surface area contributed by atoms with Crippen LogP contribution >= 0.6 is 0 Å². The van der Waals surface area contributed by atoms with Crippen molar-refractivity contribution < 1.29 is 18.7 Å². The van der Waals surface area contributed by atoms with Gasteiger partial charge in [0.25, 0.3) is 0 Å². The zero-order chi connectivity index (χ0) is 18.5. The molecule has 1 atom stereocenters. The van der Waals surface area contributed by atoms with Crippen LogP contribution < -0.4 is 5.32 Å². The van der Waals surface area contributed by atoms with Crippen molar-refractivity contribution in [2.45, 2.75) is 70.3 Å². The Hall–Kier alpha value is -2.17. The minimum atomic E-state index is -0.606. The van der Waals surface area contributed by atoms with Crippen molar-refractivity contribution >= 4 is 11.9 Å². The van der Waals surface area contributed by atoms with Gasteiger partial charge in [-0.1, -0.05) is 37.5 Å². The molecule has 3 rings (SSSR count). The van der Waals surface area contributed by atoms with E-state index in [1.54, 1.807) is 25.1 Å². The van der Waals surface area contributed by atoms with Gasteiger partial charge in [-0.15, -0.1) is 0 Å². The molecule has 0 saturated heterocycles. The van der Waals surface area contributed by atoms with Crippen LogP contribution in [-0.2, 0) is 14.3 Å². The van der Waals surface area contributed by atoms with Crippen LogP contribution in [-0.4, -0.2) is 18.0 Å². The van der Waals surface area contributed by atoms with Gasteiger partial charge in [0.2, 0.25) is 5.91 Å². The molecule has 0 aromatic heterocycles. The molecular weight excluding hydrogens is 333 g/mol. The molecule has 1 unspecified atom stereocenters. The van der Waals surface area contributed by atoms with Gasteiger partial charge in [-0.2, -0.15) is 0 Å². The monoisotopic (exact) mass is 359 g/mol. The number of amides is 1. The van der Waals surface area contributed by atoms with Crippen molar-refractivity contribution in [2.24, 2.45) is 0 Å². The van der Waals surface area contributed by atoms with Gasteiger partial charge in [-0.05, 0) is 44.2 Å². The van der Waals surface area contributed by atoms with Crippen molar-refractivity contribution in [1.29, 1.82) is 0 Å². The number of esters is 1. The topological polar surface area (TPSA) is 55.4 Å². The van der Waals surface area contributed by atoms with Gasteiger partial charge in [0.15, 0.2) is 0 Å². The molecule has 2 aliphatic rings. The summed E-state index contributed by atoms with van der Waals surface area (Å²) < 4.78 is 20.1. The Labute approximate surface area is 153 Å². The summed E-state index contributed by atoms with van der Waals surface area (Å²) >= 11 is 0. The van der Waals surface area contributed by atoms with Gasteiger partial charge in [-0.25, -0.2) is 9.18 Å². The van der Waals surface area contributed by atoms with E-state index in [9.17, 15) is 14.0 Å². The summed E-state index contributed by atoms with van der Waals surface area (Å²) in [4.78, 5) is 24.9. The van der Waals surface area contributed by atoms with Crippen molar-refractivity contribution in [3.63, 3.8) is 0 Å². The molecule has 1 amide bonds. The molecule has 1 aliphatic heterocycles. The van der Waals surface area contributed by atoms with E-state index in [-0.39, 0.29) is 18.4 Å². The third-order valence-electron chi connectivity index (χ3n) is 5.30. The lowest BCUT2D eigenvalue weighted by molar-refractivity contribution is -0.145. The third kappa shape index (κ3) is 4.32. The van der Waals surface area contributed by atoms with Crippen molar-refractivity contribution in [3.8, 4) is 0 Å². The number of allylic oxidation sites excluding steroid dienone is 1. The fourth-order valence-corrected chi connectivity index (χ4v) is 3.95. The summed E-state index contributed by atoms with van der Waals surface area (Å²) in [5.74, 6) is -1.65. The molecule has 1 N–H and O–H groups in total. The Kier molecular flexibility index (Phi) is 6.07. The second kappa shape index (κ2) is 8.47. The summed E-state index contributed by atoms with van der Waals surface area (Å²) in [5.41, 5.74) is 1.20. The molecule has 1 aromatic carbocycles. The molecule has 26 heavy (non-hydrogen) atoms. The number of rotatable bonds is 3. The number of carbonyl (C=O) groups is 2. The van der Waals surface area contributed by atoms with Gasteiger partial charge in [0.05, 0.1) is 5.57 Å². The first-order valence-electron chi connectivity index (χ1n) is 9.52. The maximum Gasteiger partial charge on any atom is 0.336 e. The number of nitrogens with one attached hydrogen (secondary N) is 1. The van der Waals surface area contributed by atoms with Crippen molar-refractivity contribution in [2.75, 3.05) is 0 Å². The second-order valence-corrected chi connectivity index (χ2v) is 7.24. The maximum absolute atomic E-state index is 14.3. The predicted molar refractivity (Wildman–Crippen MR) is 96.8 cm³/mol. The average molecular weight is 359 g/mol. The Morgan fingerprint density at radius 3 is 2.46 bits per heavy atom. The largest absolute Gasteiger partial charge is 0.459 e. The van der Waals surface area contributed by atoms with Crippen LogP contribution in [0.1, 0.15) is 69.8 Å². The average Bonchev–Trinajstić information content (AvgIpc) is 2.56. The van der Waals surface area contributed by atoms with Gasteiger partial charge in [0.1, 0.15) is 11.9 Å². The number of hydrogen-bond donors (Lipinski definition) is 1. The summed E-state index contributed by atoms with van der Waals surface area (Å²) in [7, 11) is 0. The first-order valence-corrected chi connectivity index (χ1v) is 9.52. The fourth-order valence-electron chi connectivity index (χ4n) is 3.95. The molecular formula is C21H26FNO3. The maximum atomic E-state index is 14.3. The Morgan fingerprint density at radius 2 is 1.77 bits per heavy atom. The van der Waals surface area contributed by atoms with E-state index in [2.05, 4.69) is 5.32 Å². The lowest BCUT2D eigenvalue weighted by Gasteiger charge is -2.28. The molecule has 1 heterocycles. The van der Waals surface area contributed by atoms with Crippen LogP contribution in [0, 0.1) is 5.82 Å². The van der Waals surface area contributed by atoms with E-state index in [0.29, 0.717) is 16.8 Å². The number of hydrogen-bond acceptors (Lipinski definition) is 3. The summed E-state index contributed by atoms with van der Waals surface area (Å²) in [6.07, 6.45) is 7.39. The van der Waals surface area contributed by atoms with E-state index in [0.717, 1.165) is 25.7 Å². The normalized spacial score (nSPS) is 22.4. The zero-order valence-corrected chi connectivity index (χ0v) is 15.2. The quantitative estimate of drug-likeness (QED) is 0.816. The molecule has 0 bridgehead atoms. The minimum absolute atomic E-state index is 0.0490. The molecule has 0 spiro atoms. The number of ether oxygens (including phenoxy) is 1. The van der Waals surface area contributed by atoms with Crippen molar-refractivity contribution in [1.82, 2.24) is 5.32 Å². The Balaban J connectivity index is 1.83. The third-order valence-corrected chi connectivity index (χ3v) is 5.30. The van der Waals surface area contributed by atoms with E-state index in [4.69, 9.17) is 4.74 Å². The van der Waals surface area contributed by atoms with E-state index in [1.165, 1.54) is 25.3 Å². The zero-order valence-electron chi connectivity index (χ0n) is 15.2. The van der Waals surface area contributed by atoms with E-state index < -0.39 is 17.7 Å². The highest BCUT2D eigenvalue weighted by Gasteiger charge is 2.35. The Bertz CT molecular complexity index is 705. The minimum Gasteiger partial charge on any atom is -0.459 e. The van der Waals surface area contributed by atoms with Crippen LogP contribution in [0.5, 0.6) is 0 Å². The molecule has 1 saturated carbocycles. The highest BCUT2D eigenvalue weighted by atomic mass is 19.1. The van der Waals surface area contributed by atoms with E-state index in [1.807, 2.05) is 0 Å². The summed E-state index contributed by atoms with van der Waals surface area (Å²) in [5, 5.41) is 2.71. The van der Waals surface area contributed by atoms with Gasteiger partial charge in [0, 0.05) is 18.0 Å². The fraction of sp³-hybridized carbons (Fsp3) is 0.524. The van der Waals surface area contributed by atoms with Crippen LogP contribution in [0.2, 0.25) is 0 Å². The smallest absolute Gasteiger partial charge is 0.336 e. The van der Waals surface area contributed by atoms with Crippen LogP contribution in [0.25, 0.3) is 0 Å². The standard InChI is InChI=1S/C21H26FNO3/c1-14-20(21(25)26-15-9-5-3-2-4-6-10-15)17(13-19(24)23-14)16-11-7-8-12-18(16)22/h7-8,11-12,15,17H,2-6,9-10,13H2,1H3,(H,23,24). The molecule has 1 fully saturated rings. The Morgan fingerprint density at radius 1 is 1.12 bits per heavy atom. The lowest BCUT2D eigenvalue weighted by atomic mass is 9.84. The number of carbonyl (C=O) groups excluding carboxylic acids is 2. The second-order valence-electron chi connectivity index (χ2n) is 7.24. The highest BCUT2D eigenvalue weighted by molar-refractivity contribution is 5.95. The first-order chi connectivity index (χ1) is 12.6. The van der Waals surface area contributed by atoms with Crippen LogP contribution in [0.3, 0.4) is 0 Å². The molecule has 0 radical (unpaired) electrons. The molecule has 140 valence electrons. The molecule has 4 nitrogen and oxygen atoms in total. The molecule has 5 heteroatoms. The van der Waals surface area contributed by atoms with Crippen LogP contribution in [0.15, 0.2) is 35.5 Å². The van der Waals surface area contributed by atoms with Gasteiger partial charge in [-0.3, -0.25) is 4.79 Å². The molecule has 1 aliphatic carbocycles. The number of benzene rings is 1. The van der Waals surface area contributed by atoms with Gasteiger partial charge < -0.3 is 10.1 Å². The number of halogens is 1. The SMILES string of the molecule is CC1=C(C(=O)OC2CCCCCCC2)C(c2ccccc2F)CC(=O)N1. The van der Waals surface area contributed by atoms with Crippen molar-refractivity contribution in [3.05, 3.63) is 46.9 Å². The van der Waals surface area contributed by atoms with Crippen LogP contribution in [0.4, 0.5) is 4.39 Å². The van der Waals surface area contributed by atoms with E-state index >= 15 is 0 Å². The van der Waals surface area contributed by atoms with Gasteiger partial charge >= 0.3 is 5.97 Å². The first kappa shape index (κ1) is 18.6. The highest BCUT2D eigenvalue weighted by Crippen LogP contribution is 2.35. The molecule has 1 aromatic rings.